The molecule has 0 atom stereocenters. The third-order valence-electron chi connectivity index (χ3n) is 4.62. The molecule has 2 aromatic carbocycles. The van der Waals surface area contributed by atoms with Crippen molar-refractivity contribution in [2.75, 3.05) is 19.6 Å². The zero-order valence-electron chi connectivity index (χ0n) is 13.8. The largest absolute Gasteiger partial charge is 0.300 e. The van der Waals surface area contributed by atoms with Crippen LogP contribution in [0.4, 0.5) is 0 Å². The maximum Gasteiger partial charge on any atom is 0.0406 e. The molecule has 1 aliphatic rings. The van der Waals surface area contributed by atoms with Crippen LogP contribution in [-0.4, -0.2) is 24.5 Å². The highest BCUT2D eigenvalue weighted by molar-refractivity contribution is 6.30. The summed E-state index contributed by atoms with van der Waals surface area (Å²) in [6, 6.07) is 16.8. The lowest BCUT2D eigenvalue weighted by Crippen LogP contribution is -2.29. The SMILES string of the molecule is C/C(=C/CN1CCCCC1)c1ccc(-c2ccc(Cl)cc2)cc1. The molecule has 0 spiro atoms. The van der Waals surface area contributed by atoms with Gasteiger partial charge in [0.1, 0.15) is 0 Å². The molecule has 1 saturated heterocycles. The van der Waals surface area contributed by atoms with Gasteiger partial charge in [-0.3, -0.25) is 4.90 Å². The first-order valence-electron chi connectivity index (χ1n) is 8.48. The van der Waals surface area contributed by atoms with Gasteiger partial charge in [-0.15, -0.1) is 0 Å². The van der Waals surface area contributed by atoms with Gasteiger partial charge in [-0.2, -0.15) is 0 Å². The summed E-state index contributed by atoms with van der Waals surface area (Å²) in [5.74, 6) is 0. The molecule has 3 rings (SSSR count). The van der Waals surface area contributed by atoms with Gasteiger partial charge in [-0.1, -0.05) is 60.5 Å². The van der Waals surface area contributed by atoms with Gasteiger partial charge in [0.25, 0.3) is 0 Å². The normalized spacial score (nSPS) is 16.5. The van der Waals surface area contributed by atoms with E-state index < -0.39 is 0 Å². The fourth-order valence-electron chi connectivity index (χ4n) is 3.09. The van der Waals surface area contributed by atoms with E-state index in [2.05, 4.69) is 54.3 Å². The monoisotopic (exact) mass is 325 g/mol. The molecule has 2 heteroatoms. The van der Waals surface area contributed by atoms with E-state index in [1.54, 1.807) is 0 Å². The first-order chi connectivity index (χ1) is 11.2. The van der Waals surface area contributed by atoms with Crippen LogP contribution in [0.5, 0.6) is 0 Å². The van der Waals surface area contributed by atoms with E-state index in [9.17, 15) is 0 Å². The summed E-state index contributed by atoms with van der Waals surface area (Å²) >= 11 is 5.95. The molecule has 0 aromatic heterocycles. The van der Waals surface area contributed by atoms with E-state index in [-0.39, 0.29) is 0 Å². The quantitative estimate of drug-likeness (QED) is 0.676. The molecular weight excluding hydrogens is 302 g/mol. The Morgan fingerprint density at radius 1 is 0.913 bits per heavy atom. The van der Waals surface area contributed by atoms with Gasteiger partial charge in [-0.25, -0.2) is 0 Å². The molecule has 0 amide bonds. The minimum atomic E-state index is 0.780. The predicted octanol–water partition coefficient (Wildman–Crippen LogP) is 5.90. The average molecular weight is 326 g/mol. The average Bonchev–Trinajstić information content (AvgIpc) is 2.61. The number of nitrogens with zero attached hydrogens (tertiary/aromatic N) is 1. The Kier molecular flexibility index (Phi) is 5.53. The first-order valence-corrected chi connectivity index (χ1v) is 8.86. The molecule has 23 heavy (non-hydrogen) atoms. The molecule has 0 radical (unpaired) electrons. The van der Waals surface area contributed by atoms with Crippen LogP contribution in [0.1, 0.15) is 31.7 Å². The van der Waals surface area contributed by atoms with Crippen molar-refractivity contribution in [1.29, 1.82) is 0 Å². The van der Waals surface area contributed by atoms with E-state index in [1.807, 2.05) is 12.1 Å². The molecule has 0 unspecified atom stereocenters. The van der Waals surface area contributed by atoms with Crippen molar-refractivity contribution >= 4 is 17.2 Å². The minimum absolute atomic E-state index is 0.780. The summed E-state index contributed by atoms with van der Waals surface area (Å²) in [6.45, 7) is 5.78. The first kappa shape index (κ1) is 16.3. The van der Waals surface area contributed by atoms with Crippen molar-refractivity contribution in [3.05, 3.63) is 65.2 Å². The third-order valence-corrected chi connectivity index (χ3v) is 4.87. The zero-order chi connectivity index (χ0) is 16.1. The van der Waals surface area contributed by atoms with Gasteiger partial charge in [0.05, 0.1) is 0 Å². The van der Waals surface area contributed by atoms with Gasteiger partial charge in [0, 0.05) is 11.6 Å². The Bertz CT molecular complexity index is 649. The summed E-state index contributed by atoms with van der Waals surface area (Å²) < 4.78 is 0. The number of rotatable bonds is 4. The van der Waals surface area contributed by atoms with Crippen LogP contribution in [0, 0.1) is 0 Å². The van der Waals surface area contributed by atoms with Crippen molar-refractivity contribution in [3.8, 4) is 11.1 Å². The molecular formula is C21H24ClN. The van der Waals surface area contributed by atoms with E-state index in [1.165, 1.54) is 54.6 Å². The fourth-order valence-corrected chi connectivity index (χ4v) is 3.22. The standard InChI is InChI=1S/C21H24ClN/c1-17(13-16-23-14-3-2-4-15-23)18-5-7-19(8-6-18)20-9-11-21(22)12-10-20/h5-13H,2-4,14-16H2,1H3/b17-13-. The van der Waals surface area contributed by atoms with Gasteiger partial charge in [0.15, 0.2) is 0 Å². The summed E-state index contributed by atoms with van der Waals surface area (Å²) in [6.07, 6.45) is 6.46. The summed E-state index contributed by atoms with van der Waals surface area (Å²) in [4.78, 5) is 2.55. The Balaban J connectivity index is 1.67. The van der Waals surface area contributed by atoms with Crippen molar-refractivity contribution in [2.45, 2.75) is 26.2 Å². The highest BCUT2D eigenvalue weighted by Gasteiger charge is 2.08. The molecule has 2 aromatic rings. The minimum Gasteiger partial charge on any atom is -0.300 e. The topological polar surface area (TPSA) is 3.24 Å². The van der Waals surface area contributed by atoms with Crippen molar-refractivity contribution in [2.24, 2.45) is 0 Å². The van der Waals surface area contributed by atoms with E-state index in [0.717, 1.165) is 11.6 Å². The second-order valence-electron chi connectivity index (χ2n) is 6.33. The van der Waals surface area contributed by atoms with Crippen LogP contribution < -0.4 is 0 Å². The van der Waals surface area contributed by atoms with Crippen molar-refractivity contribution < 1.29 is 0 Å². The number of allylic oxidation sites excluding steroid dienone is 1. The third kappa shape index (κ3) is 4.46. The number of halogens is 1. The van der Waals surface area contributed by atoms with Crippen LogP contribution in [0.3, 0.4) is 0 Å². The van der Waals surface area contributed by atoms with Gasteiger partial charge < -0.3 is 0 Å². The zero-order valence-corrected chi connectivity index (χ0v) is 14.5. The number of piperidine rings is 1. The Labute approximate surface area is 144 Å². The molecule has 0 bridgehead atoms. The number of likely N-dealkylation sites (tertiary alicyclic amines) is 1. The molecule has 1 aliphatic heterocycles. The fraction of sp³-hybridized carbons (Fsp3) is 0.333. The van der Waals surface area contributed by atoms with Crippen LogP contribution in [0.25, 0.3) is 16.7 Å². The molecule has 0 aliphatic carbocycles. The van der Waals surface area contributed by atoms with Gasteiger partial charge in [0.2, 0.25) is 0 Å². The lowest BCUT2D eigenvalue weighted by atomic mass is 10.0. The van der Waals surface area contributed by atoms with Crippen LogP contribution in [0.15, 0.2) is 54.6 Å². The second-order valence-corrected chi connectivity index (χ2v) is 6.77. The number of hydrogen-bond donors (Lipinski definition) is 0. The molecule has 0 N–H and O–H groups in total. The smallest absolute Gasteiger partial charge is 0.0406 e. The van der Waals surface area contributed by atoms with Crippen LogP contribution >= 0.6 is 11.6 Å². The number of benzene rings is 2. The van der Waals surface area contributed by atoms with Crippen LogP contribution in [0.2, 0.25) is 5.02 Å². The maximum atomic E-state index is 5.95. The lowest BCUT2D eigenvalue weighted by molar-refractivity contribution is 0.251. The molecule has 1 heterocycles. The van der Waals surface area contributed by atoms with Gasteiger partial charge >= 0.3 is 0 Å². The van der Waals surface area contributed by atoms with E-state index >= 15 is 0 Å². The lowest BCUT2D eigenvalue weighted by Gasteiger charge is -2.25. The predicted molar refractivity (Wildman–Crippen MR) is 101 cm³/mol. The molecule has 0 saturated carbocycles. The van der Waals surface area contributed by atoms with Crippen molar-refractivity contribution in [3.63, 3.8) is 0 Å². The van der Waals surface area contributed by atoms with E-state index in [4.69, 9.17) is 11.6 Å². The van der Waals surface area contributed by atoms with Gasteiger partial charge in [-0.05, 0) is 67.3 Å². The number of hydrogen-bond acceptors (Lipinski definition) is 1. The summed E-state index contributed by atoms with van der Waals surface area (Å²) in [5, 5.41) is 0.780. The van der Waals surface area contributed by atoms with Crippen molar-refractivity contribution in [1.82, 2.24) is 4.90 Å². The second kappa shape index (κ2) is 7.81. The Morgan fingerprint density at radius 2 is 1.48 bits per heavy atom. The summed E-state index contributed by atoms with van der Waals surface area (Å²) in [5.41, 5.74) is 5.10. The maximum absolute atomic E-state index is 5.95. The highest BCUT2D eigenvalue weighted by Crippen LogP contribution is 2.24. The van der Waals surface area contributed by atoms with E-state index in [0.29, 0.717) is 0 Å². The Morgan fingerprint density at radius 3 is 2.09 bits per heavy atom. The molecule has 1 fully saturated rings. The molecule has 1 nitrogen and oxygen atoms in total. The summed E-state index contributed by atoms with van der Waals surface area (Å²) in [7, 11) is 0. The highest BCUT2D eigenvalue weighted by atomic mass is 35.5. The Hall–Kier alpha value is -1.57. The van der Waals surface area contributed by atoms with Crippen LogP contribution in [-0.2, 0) is 0 Å². The molecule has 120 valence electrons.